The molecule has 2 heteroatoms. The molecular weight excluding hydrogens is 198 g/mol. The van der Waals surface area contributed by atoms with Crippen LogP contribution in [-0.2, 0) is 4.74 Å². The smallest absolute Gasteiger partial charge is 0.0590 e. The Labute approximate surface area is 101 Å². The fourth-order valence-electron chi connectivity index (χ4n) is 2.64. The molecule has 0 bridgehead atoms. The van der Waals surface area contributed by atoms with Crippen LogP contribution in [0.2, 0.25) is 0 Å². The predicted octanol–water partition coefficient (Wildman–Crippen LogP) is 3.22. The normalized spacial score (nSPS) is 25.9. The van der Waals surface area contributed by atoms with Crippen LogP contribution in [0.3, 0.4) is 0 Å². The highest BCUT2D eigenvalue weighted by molar-refractivity contribution is 4.71. The number of nitrogens with one attached hydrogen (secondary N) is 1. The number of hydrogen-bond acceptors (Lipinski definition) is 2. The largest absolute Gasteiger partial charge is 0.380 e. The van der Waals surface area contributed by atoms with E-state index in [2.05, 4.69) is 19.2 Å². The van der Waals surface area contributed by atoms with Crippen LogP contribution < -0.4 is 5.32 Å². The Morgan fingerprint density at radius 2 is 2.06 bits per heavy atom. The molecule has 2 unspecified atom stereocenters. The molecule has 1 saturated carbocycles. The van der Waals surface area contributed by atoms with E-state index in [-0.39, 0.29) is 0 Å². The molecule has 96 valence electrons. The summed E-state index contributed by atoms with van der Waals surface area (Å²) in [7, 11) is 0. The van der Waals surface area contributed by atoms with Gasteiger partial charge >= 0.3 is 0 Å². The topological polar surface area (TPSA) is 21.3 Å². The summed E-state index contributed by atoms with van der Waals surface area (Å²) < 4.78 is 5.43. The lowest BCUT2D eigenvalue weighted by molar-refractivity contribution is 0.136. The first kappa shape index (κ1) is 14.0. The van der Waals surface area contributed by atoms with E-state index in [9.17, 15) is 0 Å². The van der Waals surface area contributed by atoms with Crippen molar-refractivity contribution in [2.75, 3.05) is 26.3 Å². The SMILES string of the molecule is CCCOCCNCCC1CCCC(C)C1. The van der Waals surface area contributed by atoms with Crippen molar-refractivity contribution in [1.29, 1.82) is 0 Å². The minimum atomic E-state index is 0.870. The Bertz CT molecular complexity index is 161. The van der Waals surface area contributed by atoms with E-state index < -0.39 is 0 Å². The first-order valence-electron chi connectivity index (χ1n) is 7.11. The van der Waals surface area contributed by atoms with E-state index in [0.717, 1.165) is 38.0 Å². The molecule has 0 saturated heterocycles. The number of rotatable bonds is 8. The number of ether oxygens (including phenoxy) is 1. The van der Waals surface area contributed by atoms with Crippen LogP contribution >= 0.6 is 0 Å². The lowest BCUT2D eigenvalue weighted by Crippen LogP contribution is -2.24. The van der Waals surface area contributed by atoms with Gasteiger partial charge in [-0.05, 0) is 37.6 Å². The van der Waals surface area contributed by atoms with Crippen molar-refractivity contribution in [3.05, 3.63) is 0 Å². The second kappa shape index (κ2) is 9.00. The van der Waals surface area contributed by atoms with Gasteiger partial charge in [0, 0.05) is 13.2 Å². The predicted molar refractivity (Wildman–Crippen MR) is 69.7 cm³/mol. The molecular formula is C14H29NO. The molecule has 1 aliphatic rings. The van der Waals surface area contributed by atoms with Gasteiger partial charge in [-0.3, -0.25) is 0 Å². The van der Waals surface area contributed by atoms with Crippen LogP contribution in [0.5, 0.6) is 0 Å². The van der Waals surface area contributed by atoms with Gasteiger partial charge < -0.3 is 10.1 Å². The molecule has 1 aliphatic carbocycles. The van der Waals surface area contributed by atoms with Gasteiger partial charge in [0.05, 0.1) is 6.61 Å². The van der Waals surface area contributed by atoms with Crippen LogP contribution in [0.1, 0.15) is 52.4 Å². The molecule has 0 radical (unpaired) electrons. The summed E-state index contributed by atoms with van der Waals surface area (Å²) in [4.78, 5) is 0. The fourth-order valence-corrected chi connectivity index (χ4v) is 2.64. The summed E-state index contributed by atoms with van der Waals surface area (Å²) in [5.74, 6) is 1.94. The molecule has 0 aromatic heterocycles. The van der Waals surface area contributed by atoms with E-state index in [0.29, 0.717) is 0 Å². The molecule has 0 aromatic carbocycles. The Kier molecular flexibility index (Phi) is 7.87. The minimum absolute atomic E-state index is 0.870. The van der Waals surface area contributed by atoms with Gasteiger partial charge in [-0.15, -0.1) is 0 Å². The van der Waals surface area contributed by atoms with Crippen molar-refractivity contribution in [3.63, 3.8) is 0 Å². The van der Waals surface area contributed by atoms with Gasteiger partial charge in [0.25, 0.3) is 0 Å². The standard InChI is InChI=1S/C14H29NO/c1-3-10-16-11-9-15-8-7-14-6-4-5-13(2)12-14/h13-15H,3-12H2,1-2H3. The zero-order valence-corrected chi connectivity index (χ0v) is 11.1. The number of hydrogen-bond donors (Lipinski definition) is 1. The zero-order chi connectivity index (χ0) is 11.6. The molecule has 1 N–H and O–H groups in total. The van der Waals surface area contributed by atoms with Crippen LogP contribution in [0, 0.1) is 11.8 Å². The van der Waals surface area contributed by atoms with Crippen molar-refractivity contribution in [2.45, 2.75) is 52.4 Å². The van der Waals surface area contributed by atoms with Gasteiger partial charge in [-0.2, -0.15) is 0 Å². The molecule has 0 aliphatic heterocycles. The minimum Gasteiger partial charge on any atom is -0.380 e. The Hall–Kier alpha value is -0.0800. The van der Waals surface area contributed by atoms with Crippen molar-refractivity contribution in [2.24, 2.45) is 11.8 Å². The summed E-state index contributed by atoms with van der Waals surface area (Å²) in [5.41, 5.74) is 0. The molecule has 1 fully saturated rings. The van der Waals surface area contributed by atoms with Gasteiger partial charge in [-0.1, -0.05) is 33.1 Å². The summed E-state index contributed by atoms with van der Waals surface area (Å²) in [6.07, 6.45) is 8.30. The van der Waals surface area contributed by atoms with Gasteiger partial charge in [-0.25, -0.2) is 0 Å². The Morgan fingerprint density at radius 1 is 1.19 bits per heavy atom. The van der Waals surface area contributed by atoms with Crippen LogP contribution in [-0.4, -0.2) is 26.3 Å². The maximum atomic E-state index is 5.43. The Balaban J connectivity index is 1.86. The molecule has 0 spiro atoms. The molecule has 1 rings (SSSR count). The van der Waals surface area contributed by atoms with Crippen LogP contribution in [0.4, 0.5) is 0 Å². The van der Waals surface area contributed by atoms with Gasteiger partial charge in [0.15, 0.2) is 0 Å². The summed E-state index contributed by atoms with van der Waals surface area (Å²) in [6, 6.07) is 0. The van der Waals surface area contributed by atoms with Crippen LogP contribution in [0.15, 0.2) is 0 Å². The summed E-state index contributed by atoms with van der Waals surface area (Å²) in [5, 5.41) is 3.48. The highest BCUT2D eigenvalue weighted by Gasteiger charge is 2.17. The Morgan fingerprint density at radius 3 is 2.81 bits per heavy atom. The quantitative estimate of drug-likeness (QED) is 0.643. The van der Waals surface area contributed by atoms with E-state index in [1.807, 2.05) is 0 Å². The summed E-state index contributed by atoms with van der Waals surface area (Å²) in [6.45, 7) is 8.52. The molecule has 2 nitrogen and oxygen atoms in total. The second-order valence-corrected chi connectivity index (χ2v) is 5.29. The third kappa shape index (κ3) is 6.49. The average Bonchev–Trinajstić information content (AvgIpc) is 2.28. The zero-order valence-electron chi connectivity index (χ0n) is 11.1. The van der Waals surface area contributed by atoms with E-state index in [1.54, 1.807) is 0 Å². The van der Waals surface area contributed by atoms with Crippen LogP contribution in [0.25, 0.3) is 0 Å². The maximum Gasteiger partial charge on any atom is 0.0590 e. The third-order valence-electron chi connectivity index (χ3n) is 3.55. The van der Waals surface area contributed by atoms with Gasteiger partial charge in [0.1, 0.15) is 0 Å². The second-order valence-electron chi connectivity index (χ2n) is 5.29. The molecule has 2 atom stereocenters. The van der Waals surface area contributed by atoms with Gasteiger partial charge in [0.2, 0.25) is 0 Å². The highest BCUT2D eigenvalue weighted by atomic mass is 16.5. The first-order valence-corrected chi connectivity index (χ1v) is 7.11. The lowest BCUT2D eigenvalue weighted by atomic mass is 9.81. The monoisotopic (exact) mass is 227 g/mol. The molecule has 0 heterocycles. The van der Waals surface area contributed by atoms with Crippen molar-refractivity contribution in [1.82, 2.24) is 5.32 Å². The highest BCUT2D eigenvalue weighted by Crippen LogP contribution is 2.30. The van der Waals surface area contributed by atoms with Crippen molar-refractivity contribution in [3.8, 4) is 0 Å². The van der Waals surface area contributed by atoms with E-state index in [1.165, 1.54) is 38.6 Å². The molecule has 0 amide bonds. The van der Waals surface area contributed by atoms with E-state index >= 15 is 0 Å². The van der Waals surface area contributed by atoms with E-state index in [4.69, 9.17) is 4.74 Å². The first-order chi connectivity index (χ1) is 7.83. The lowest BCUT2D eigenvalue weighted by Gasteiger charge is -2.26. The maximum absolute atomic E-state index is 5.43. The summed E-state index contributed by atoms with van der Waals surface area (Å²) >= 11 is 0. The molecule has 16 heavy (non-hydrogen) atoms. The van der Waals surface area contributed by atoms with Crippen molar-refractivity contribution < 1.29 is 4.74 Å². The third-order valence-corrected chi connectivity index (χ3v) is 3.55. The average molecular weight is 227 g/mol. The van der Waals surface area contributed by atoms with Crippen molar-refractivity contribution >= 4 is 0 Å². The molecule has 0 aromatic rings. The fraction of sp³-hybridized carbons (Fsp3) is 1.00.